The van der Waals surface area contributed by atoms with Gasteiger partial charge in [-0.2, -0.15) is 0 Å². The Balaban J connectivity index is 3.05. The third-order valence-corrected chi connectivity index (χ3v) is 3.68. The molecule has 0 amide bonds. The lowest BCUT2D eigenvalue weighted by Gasteiger charge is -2.22. The number of nitrogens with one attached hydrogen (secondary N) is 2. The van der Waals surface area contributed by atoms with Gasteiger partial charge >= 0.3 is 0 Å². The van der Waals surface area contributed by atoms with Gasteiger partial charge in [-0.25, -0.2) is 15.8 Å². The molecule has 1 heterocycles. The molecule has 0 aliphatic heterocycles. The third kappa shape index (κ3) is 4.07. The van der Waals surface area contributed by atoms with E-state index in [2.05, 4.69) is 62.3 Å². The highest BCUT2D eigenvalue weighted by Gasteiger charge is 2.21. The largest absolute Gasteiger partial charge is 0.369 e. The van der Waals surface area contributed by atoms with Gasteiger partial charge in [-0.1, -0.05) is 41.5 Å². The van der Waals surface area contributed by atoms with Crippen LogP contribution in [0.25, 0.3) is 0 Å². The summed E-state index contributed by atoms with van der Waals surface area (Å²) in [5.41, 5.74) is 3.51. The van der Waals surface area contributed by atoms with Gasteiger partial charge in [-0.3, -0.25) is 0 Å². The Kier molecular flexibility index (Phi) is 5.34. The number of hydrazine groups is 1. The summed E-state index contributed by atoms with van der Waals surface area (Å²) >= 11 is 0. The van der Waals surface area contributed by atoms with E-state index in [4.69, 9.17) is 5.84 Å². The first kappa shape index (κ1) is 16.7. The summed E-state index contributed by atoms with van der Waals surface area (Å²) in [6.07, 6.45) is 0. The molecule has 114 valence electrons. The summed E-state index contributed by atoms with van der Waals surface area (Å²) in [7, 11) is 0. The predicted molar refractivity (Wildman–Crippen MR) is 85.8 cm³/mol. The maximum atomic E-state index is 5.57. The van der Waals surface area contributed by atoms with Crippen molar-refractivity contribution < 1.29 is 0 Å². The minimum Gasteiger partial charge on any atom is -0.369 e. The fraction of sp³-hybridized carbons (Fsp3) is 0.733. The SMILES string of the molecule is Cc1c(NN)nc(C(C)(C)C)nc1NCC(C)C(C)C. The van der Waals surface area contributed by atoms with E-state index in [1.165, 1.54) is 0 Å². The van der Waals surface area contributed by atoms with Crippen molar-refractivity contribution in [2.45, 2.75) is 53.9 Å². The van der Waals surface area contributed by atoms with Crippen LogP contribution < -0.4 is 16.6 Å². The fourth-order valence-corrected chi connectivity index (χ4v) is 1.66. The predicted octanol–water partition coefficient (Wildman–Crippen LogP) is 3.07. The molecule has 0 aliphatic carbocycles. The number of nitrogen functional groups attached to an aromatic ring is 1. The minimum absolute atomic E-state index is 0.112. The summed E-state index contributed by atoms with van der Waals surface area (Å²) in [6, 6.07) is 0. The van der Waals surface area contributed by atoms with Gasteiger partial charge in [-0.05, 0) is 18.8 Å². The highest BCUT2D eigenvalue weighted by atomic mass is 15.3. The van der Waals surface area contributed by atoms with Crippen LogP contribution in [0, 0.1) is 18.8 Å². The zero-order valence-electron chi connectivity index (χ0n) is 13.8. The van der Waals surface area contributed by atoms with Gasteiger partial charge in [0.2, 0.25) is 0 Å². The van der Waals surface area contributed by atoms with Crippen LogP contribution in [-0.2, 0) is 5.41 Å². The Morgan fingerprint density at radius 3 is 2.10 bits per heavy atom. The van der Waals surface area contributed by atoms with E-state index >= 15 is 0 Å². The van der Waals surface area contributed by atoms with Crippen LogP contribution in [-0.4, -0.2) is 16.5 Å². The van der Waals surface area contributed by atoms with E-state index in [1.807, 2.05) is 6.92 Å². The lowest BCUT2D eigenvalue weighted by atomic mass is 9.95. The van der Waals surface area contributed by atoms with Crippen LogP contribution in [0.2, 0.25) is 0 Å². The zero-order chi connectivity index (χ0) is 15.5. The number of hydrogen-bond acceptors (Lipinski definition) is 5. The Bertz CT molecular complexity index is 448. The first-order chi connectivity index (χ1) is 9.16. The molecule has 1 aromatic rings. The van der Waals surface area contributed by atoms with Crippen molar-refractivity contribution in [3.63, 3.8) is 0 Å². The number of rotatable bonds is 5. The monoisotopic (exact) mass is 279 g/mol. The smallest absolute Gasteiger partial charge is 0.148 e. The first-order valence-corrected chi connectivity index (χ1v) is 7.26. The Morgan fingerprint density at radius 2 is 1.65 bits per heavy atom. The van der Waals surface area contributed by atoms with E-state index < -0.39 is 0 Å². The van der Waals surface area contributed by atoms with Crippen molar-refractivity contribution in [3.05, 3.63) is 11.4 Å². The summed E-state index contributed by atoms with van der Waals surface area (Å²) < 4.78 is 0. The molecule has 5 heteroatoms. The van der Waals surface area contributed by atoms with Crippen LogP contribution in [0.15, 0.2) is 0 Å². The molecular weight excluding hydrogens is 250 g/mol. The maximum absolute atomic E-state index is 5.57. The summed E-state index contributed by atoms with van der Waals surface area (Å²) in [5, 5.41) is 3.43. The van der Waals surface area contributed by atoms with Crippen molar-refractivity contribution in [2.24, 2.45) is 17.7 Å². The standard InChI is InChI=1S/C15H29N5/c1-9(2)10(3)8-17-12-11(4)13(20-16)19-14(18-12)15(5,6)7/h9-10H,8,16H2,1-7H3,(H2,17,18,19,20). The second kappa shape index (κ2) is 6.39. The zero-order valence-corrected chi connectivity index (χ0v) is 13.8. The molecule has 0 saturated carbocycles. The average molecular weight is 279 g/mol. The molecule has 0 spiro atoms. The second-order valence-corrected chi connectivity index (χ2v) is 6.87. The topological polar surface area (TPSA) is 75.9 Å². The molecule has 1 atom stereocenters. The van der Waals surface area contributed by atoms with Crippen molar-refractivity contribution in [1.29, 1.82) is 0 Å². The third-order valence-electron chi connectivity index (χ3n) is 3.68. The van der Waals surface area contributed by atoms with E-state index in [9.17, 15) is 0 Å². The van der Waals surface area contributed by atoms with Gasteiger partial charge in [0, 0.05) is 17.5 Å². The molecular formula is C15H29N5. The quantitative estimate of drug-likeness (QED) is 0.570. The number of anilines is 2. The molecule has 0 fully saturated rings. The summed E-state index contributed by atoms with van der Waals surface area (Å²) in [6.45, 7) is 15.8. The van der Waals surface area contributed by atoms with E-state index in [0.29, 0.717) is 17.7 Å². The van der Waals surface area contributed by atoms with Gasteiger partial charge in [0.25, 0.3) is 0 Å². The van der Waals surface area contributed by atoms with E-state index in [-0.39, 0.29) is 5.41 Å². The van der Waals surface area contributed by atoms with Crippen molar-refractivity contribution in [2.75, 3.05) is 17.3 Å². The van der Waals surface area contributed by atoms with E-state index in [0.717, 1.165) is 23.8 Å². The Hall–Kier alpha value is -1.36. The van der Waals surface area contributed by atoms with E-state index in [1.54, 1.807) is 0 Å². The van der Waals surface area contributed by atoms with Gasteiger partial charge in [0.1, 0.15) is 17.5 Å². The number of hydrogen-bond donors (Lipinski definition) is 3. The molecule has 0 saturated heterocycles. The molecule has 1 aromatic heterocycles. The Labute approximate surface area is 122 Å². The number of aromatic nitrogens is 2. The molecule has 0 bridgehead atoms. The minimum atomic E-state index is -0.112. The molecule has 1 rings (SSSR count). The fourth-order valence-electron chi connectivity index (χ4n) is 1.66. The molecule has 20 heavy (non-hydrogen) atoms. The maximum Gasteiger partial charge on any atom is 0.148 e. The number of nitrogens with zero attached hydrogens (tertiary/aromatic N) is 2. The van der Waals surface area contributed by atoms with Gasteiger partial charge in [0.05, 0.1) is 0 Å². The van der Waals surface area contributed by atoms with Crippen molar-refractivity contribution in [3.8, 4) is 0 Å². The van der Waals surface area contributed by atoms with Crippen LogP contribution in [0.5, 0.6) is 0 Å². The molecule has 0 aromatic carbocycles. The Morgan fingerprint density at radius 1 is 1.10 bits per heavy atom. The summed E-state index contributed by atoms with van der Waals surface area (Å²) in [4.78, 5) is 9.16. The lowest BCUT2D eigenvalue weighted by molar-refractivity contribution is 0.439. The molecule has 0 radical (unpaired) electrons. The lowest BCUT2D eigenvalue weighted by Crippen LogP contribution is -2.23. The van der Waals surface area contributed by atoms with Crippen LogP contribution >= 0.6 is 0 Å². The average Bonchev–Trinajstić information content (AvgIpc) is 2.35. The molecule has 1 unspecified atom stereocenters. The molecule has 4 N–H and O–H groups in total. The second-order valence-electron chi connectivity index (χ2n) is 6.87. The normalized spacial score (nSPS) is 13.4. The molecule has 0 aliphatic rings. The van der Waals surface area contributed by atoms with Crippen molar-refractivity contribution >= 4 is 11.6 Å². The summed E-state index contributed by atoms with van der Waals surface area (Å²) in [5.74, 6) is 9.12. The van der Waals surface area contributed by atoms with Gasteiger partial charge < -0.3 is 10.7 Å². The van der Waals surface area contributed by atoms with Crippen molar-refractivity contribution in [1.82, 2.24) is 9.97 Å². The number of nitrogens with two attached hydrogens (primary N) is 1. The van der Waals surface area contributed by atoms with Gasteiger partial charge in [-0.15, -0.1) is 0 Å². The van der Waals surface area contributed by atoms with Crippen LogP contribution in [0.1, 0.15) is 52.9 Å². The van der Waals surface area contributed by atoms with Crippen LogP contribution in [0.4, 0.5) is 11.6 Å². The highest BCUT2D eigenvalue weighted by molar-refractivity contribution is 5.57. The highest BCUT2D eigenvalue weighted by Crippen LogP contribution is 2.26. The van der Waals surface area contributed by atoms with Crippen LogP contribution in [0.3, 0.4) is 0 Å². The molecule has 5 nitrogen and oxygen atoms in total. The van der Waals surface area contributed by atoms with Gasteiger partial charge in [0.15, 0.2) is 0 Å². The first-order valence-electron chi connectivity index (χ1n) is 7.26.